The largest absolute Gasteiger partial charge is 0.322 e. The van der Waals surface area contributed by atoms with Crippen LogP contribution in [0.2, 0.25) is 0 Å². The zero-order valence-electron chi connectivity index (χ0n) is 14.1. The molecular weight excluding hydrogens is 324 g/mol. The first-order chi connectivity index (χ1) is 12.0. The van der Waals surface area contributed by atoms with Crippen LogP contribution in [0.15, 0.2) is 48.5 Å². The lowest BCUT2D eigenvalue weighted by atomic mass is 10.1. The third kappa shape index (κ3) is 4.14. The van der Waals surface area contributed by atoms with Crippen molar-refractivity contribution in [2.24, 2.45) is 0 Å². The van der Waals surface area contributed by atoms with Gasteiger partial charge in [-0.25, -0.2) is 13.6 Å². The van der Waals surface area contributed by atoms with Crippen LogP contribution in [-0.2, 0) is 0 Å². The van der Waals surface area contributed by atoms with E-state index in [0.717, 1.165) is 25.2 Å². The van der Waals surface area contributed by atoms with Gasteiger partial charge < -0.3 is 10.2 Å². The molecule has 0 aliphatic carbocycles. The minimum absolute atomic E-state index is 0.00789. The van der Waals surface area contributed by atoms with Crippen LogP contribution in [0, 0.1) is 11.6 Å². The Morgan fingerprint density at radius 3 is 2.36 bits per heavy atom. The van der Waals surface area contributed by atoms with Crippen LogP contribution in [0.4, 0.5) is 19.3 Å². The number of carbonyl (C=O) groups excluding carboxylic acids is 1. The van der Waals surface area contributed by atoms with Gasteiger partial charge in [0.2, 0.25) is 0 Å². The predicted molar refractivity (Wildman–Crippen MR) is 93.4 cm³/mol. The number of halogens is 2. The normalized spacial score (nSPS) is 16.5. The zero-order chi connectivity index (χ0) is 17.8. The van der Waals surface area contributed by atoms with Crippen molar-refractivity contribution in [1.82, 2.24) is 9.80 Å². The maximum absolute atomic E-state index is 13.7. The smallest absolute Gasteiger partial charge is 0.322 e. The second-order valence-corrected chi connectivity index (χ2v) is 6.16. The first-order valence-corrected chi connectivity index (χ1v) is 8.34. The third-order valence-electron chi connectivity index (χ3n) is 4.60. The molecule has 6 heteroatoms. The number of hydrogen-bond acceptors (Lipinski definition) is 2. The van der Waals surface area contributed by atoms with E-state index in [9.17, 15) is 13.6 Å². The van der Waals surface area contributed by atoms with E-state index < -0.39 is 11.6 Å². The molecule has 1 saturated heterocycles. The Balaban J connectivity index is 1.55. The Morgan fingerprint density at radius 1 is 1.04 bits per heavy atom. The van der Waals surface area contributed by atoms with Crippen LogP contribution in [0.3, 0.4) is 0 Å². The van der Waals surface area contributed by atoms with Crippen molar-refractivity contribution in [3.8, 4) is 0 Å². The van der Waals surface area contributed by atoms with Gasteiger partial charge in [0.15, 0.2) is 0 Å². The van der Waals surface area contributed by atoms with Gasteiger partial charge in [0, 0.05) is 38.3 Å². The van der Waals surface area contributed by atoms with Crippen molar-refractivity contribution in [2.45, 2.75) is 13.0 Å². The number of anilines is 1. The summed E-state index contributed by atoms with van der Waals surface area (Å²) in [5, 5.41) is 2.51. The van der Waals surface area contributed by atoms with Crippen molar-refractivity contribution in [3.63, 3.8) is 0 Å². The zero-order valence-corrected chi connectivity index (χ0v) is 14.1. The molecule has 2 amide bonds. The Hall–Kier alpha value is -2.47. The summed E-state index contributed by atoms with van der Waals surface area (Å²) in [6.07, 6.45) is 0. The summed E-state index contributed by atoms with van der Waals surface area (Å²) in [7, 11) is 0. The number of piperazine rings is 1. The third-order valence-corrected chi connectivity index (χ3v) is 4.60. The van der Waals surface area contributed by atoms with Gasteiger partial charge in [0.1, 0.15) is 11.6 Å². The predicted octanol–water partition coefficient (Wildman–Crippen LogP) is 3.88. The molecule has 0 unspecified atom stereocenters. The molecule has 4 nitrogen and oxygen atoms in total. The van der Waals surface area contributed by atoms with Crippen LogP contribution in [0.5, 0.6) is 0 Å². The number of nitrogens with one attached hydrogen (secondary N) is 1. The lowest BCUT2D eigenvalue weighted by Crippen LogP contribution is -2.50. The molecule has 132 valence electrons. The van der Waals surface area contributed by atoms with Crippen LogP contribution in [0.1, 0.15) is 18.5 Å². The Kier molecular flexibility index (Phi) is 5.28. The minimum atomic E-state index is -0.773. The summed E-state index contributed by atoms with van der Waals surface area (Å²) >= 11 is 0. The van der Waals surface area contributed by atoms with Gasteiger partial charge in [-0.15, -0.1) is 0 Å². The van der Waals surface area contributed by atoms with E-state index in [4.69, 9.17) is 0 Å². The molecule has 1 heterocycles. The Morgan fingerprint density at radius 2 is 1.72 bits per heavy atom. The minimum Gasteiger partial charge on any atom is -0.322 e. The monoisotopic (exact) mass is 345 g/mol. The van der Waals surface area contributed by atoms with Gasteiger partial charge in [0.25, 0.3) is 0 Å². The molecule has 1 atom stereocenters. The number of benzene rings is 2. The fraction of sp³-hybridized carbons (Fsp3) is 0.316. The molecule has 0 radical (unpaired) electrons. The first kappa shape index (κ1) is 17.4. The van der Waals surface area contributed by atoms with Crippen molar-refractivity contribution < 1.29 is 13.6 Å². The number of rotatable bonds is 3. The summed E-state index contributed by atoms with van der Waals surface area (Å²) in [4.78, 5) is 16.3. The summed E-state index contributed by atoms with van der Waals surface area (Å²) in [6, 6.07) is 13.3. The molecule has 1 N–H and O–H groups in total. The fourth-order valence-electron chi connectivity index (χ4n) is 3.04. The van der Waals surface area contributed by atoms with Gasteiger partial charge in [-0.05, 0) is 24.6 Å². The van der Waals surface area contributed by atoms with Gasteiger partial charge in [-0.3, -0.25) is 4.90 Å². The lowest BCUT2D eigenvalue weighted by Gasteiger charge is -2.38. The number of carbonyl (C=O) groups is 1. The summed E-state index contributed by atoms with van der Waals surface area (Å²) < 4.78 is 26.6. The van der Waals surface area contributed by atoms with Crippen molar-refractivity contribution >= 4 is 11.7 Å². The second-order valence-electron chi connectivity index (χ2n) is 6.16. The number of urea groups is 1. The van der Waals surface area contributed by atoms with E-state index in [1.54, 1.807) is 4.90 Å². The highest BCUT2D eigenvalue weighted by Crippen LogP contribution is 2.22. The van der Waals surface area contributed by atoms with E-state index in [1.165, 1.54) is 11.6 Å². The summed E-state index contributed by atoms with van der Waals surface area (Å²) in [5.41, 5.74) is 1.24. The van der Waals surface area contributed by atoms with E-state index in [-0.39, 0.29) is 17.8 Å². The maximum atomic E-state index is 13.7. The van der Waals surface area contributed by atoms with E-state index >= 15 is 0 Å². The summed E-state index contributed by atoms with van der Waals surface area (Å²) in [6.45, 7) is 4.77. The average molecular weight is 345 g/mol. The van der Waals surface area contributed by atoms with Gasteiger partial charge >= 0.3 is 6.03 Å². The second kappa shape index (κ2) is 7.61. The average Bonchev–Trinajstić information content (AvgIpc) is 2.64. The molecule has 1 aliphatic rings. The van der Waals surface area contributed by atoms with Crippen LogP contribution in [-0.4, -0.2) is 42.0 Å². The highest BCUT2D eigenvalue weighted by Gasteiger charge is 2.25. The van der Waals surface area contributed by atoms with Crippen molar-refractivity contribution in [1.29, 1.82) is 0 Å². The SMILES string of the molecule is C[C@H](c1ccccc1)N1CCN(C(=O)Nc2ccc(F)cc2F)CC1. The van der Waals surface area contributed by atoms with Gasteiger partial charge in [-0.2, -0.15) is 0 Å². The van der Waals surface area contributed by atoms with Gasteiger partial charge in [0.05, 0.1) is 5.69 Å². The summed E-state index contributed by atoms with van der Waals surface area (Å²) in [5.74, 6) is -1.44. The maximum Gasteiger partial charge on any atom is 0.322 e. The number of hydrogen-bond donors (Lipinski definition) is 1. The first-order valence-electron chi connectivity index (χ1n) is 8.34. The highest BCUT2D eigenvalue weighted by molar-refractivity contribution is 5.89. The topological polar surface area (TPSA) is 35.6 Å². The molecule has 0 aromatic heterocycles. The van der Waals surface area contributed by atoms with Crippen molar-refractivity contribution in [2.75, 3.05) is 31.5 Å². The quantitative estimate of drug-likeness (QED) is 0.916. The van der Waals surface area contributed by atoms with Crippen LogP contribution < -0.4 is 5.32 Å². The molecule has 2 aromatic carbocycles. The van der Waals surface area contributed by atoms with Crippen LogP contribution in [0.25, 0.3) is 0 Å². The Bertz CT molecular complexity index is 731. The molecule has 25 heavy (non-hydrogen) atoms. The lowest BCUT2D eigenvalue weighted by molar-refractivity contribution is 0.119. The van der Waals surface area contributed by atoms with E-state index in [1.807, 2.05) is 18.2 Å². The standard InChI is InChI=1S/C19H21F2N3O/c1-14(15-5-3-2-4-6-15)23-9-11-24(12-10-23)19(25)22-18-8-7-16(20)13-17(18)21/h2-8,13-14H,9-12H2,1H3,(H,22,25)/t14-/m1/s1. The van der Waals surface area contributed by atoms with Crippen LogP contribution >= 0.6 is 0 Å². The molecule has 0 bridgehead atoms. The molecule has 2 aromatic rings. The molecule has 0 spiro atoms. The van der Waals surface area contributed by atoms with E-state index in [0.29, 0.717) is 13.1 Å². The molecule has 0 saturated carbocycles. The molecule has 1 aliphatic heterocycles. The van der Waals surface area contributed by atoms with Gasteiger partial charge in [-0.1, -0.05) is 30.3 Å². The van der Waals surface area contributed by atoms with E-state index in [2.05, 4.69) is 29.3 Å². The Labute approximate surface area is 146 Å². The molecule has 1 fully saturated rings. The number of nitrogens with zero attached hydrogens (tertiary/aromatic N) is 2. The number of amides is 2. The highest BCUT2D eigenvalue weighted by atomic mass is 19.1. The molecule has 3 rings (SSSR count). The van der Waals surface area contributed by atoms with Crippen molar-refractivity contribution in [3.05, 3.63) is 65.7 Å². The fourth-order valence-corrected chi connectivity index (χ4v) is 3.04. The molecular formula is C19H21F2N3O.